The molecule has 0 atom stereocenters. The molecule has 17 heavy (non-hydrogen) atoms. The highest BCUT2D eigenvalue weighted by Crippen LogP contribution is 2.07. The second-order valence-corrected chi connectivity index (χ2v) is 3.59. The third-order valence-corrected chi connectivity index (χ3v) is 2.17. The zero-order chi connectivity index (χ0) is 12.7. The summed E-state index contributed by atoms with van der Waals surface area (Å²) < 4.78 is 4.85. The zero-order valence-corrected chi connectivity index (χ0v) is 9.72. The van der Waals surface area contributed by atoms with Gasteiger partial charge in [0.25, 0.3) is 0 Å². The number of esters is 1. The topological polar surface area (TPSA) is 66.8 Å². The van der Waals surface area contributed by atoms with Gasteiger partial charge < -0.3 is 14.9 Å². The second kappa shape index (κ2) is 6.58. The van der Waals surface area contributed by atoms with Gasteiger partial charge in [0, 0.05) is 6.42 Å². The molecule has 0 spiro atoms. The number of carbonyl (C=O) groups is 1. The Morgan fingerprint density at radius 1 is 1.18 bits per heavy atom. The van der Waals surface area contributed by atoms with Gasteiger partial charge in [0.15, 0.2) is 12.4 Å². The minimum atomic E-state index is -0.526. The SMILES string of the molecule is CCC/C(O)=C(\O)COC(=O)c1ccccc1. The summed E-state index contributed by atoms with van der Waals surface area (Å²) >= 11 is 0. The van der Waals surface area contributed by atoms with Crippen molar-refractivity contribution >= 4 is 5.97 Å². The van der Waals surface area contributed by atoms with E-state index in [2.05, 4.69) is 0 Å². The molecule has 0 amide bonds. The van der Waals surface area contributed by atoms with Gasteiger partial charge in [0.1, 0.15) is 5.76 Å². The van der Waals surface area contributed by atoms with Crippen molar-refractivity contribution < 1.29 is 19.7 Å². The van der Waals surface area contributed by atoms with Crippen LogP contribution in [-0.2, 0) is 4.74 Å². The molecule has 0 aliphatic carbocycles. The van der Waals surface area contributed by atoms with Crippen LogP contribution in [0, 0.1) is 0 Å². The third kappa shape index (κ3) is 4.18. The molecule has 2 N–H and O–H groups in total. The van der Waals surface area contributed by atoms with E-state index in [1.54, 1.807) is 30.3 Å². The highest BCUT2D eigenvalue weighted by atomic mass is 16.5. The Hall–Kier alpha value is -1.97. The summed E-state index contributed by atoms with van der Waals surface area (Å²) in [6.45, 7) is 1.57. The van der Waals surface area contributed by atoms with Gasteiger partial charge in [-0.2, -0.15) is 0 Å². The van der Waals surface area contributed by atoms with Gasteiger partial charge >= 0.3 is 5.97 Å². The Bertz CT molecular complexity index is 395. The van der Waals surface area contributed by atoms with E-state index in [1.807, 2.05) is 6.92 Å². The summed E-state index contributed by atoms with van der Waals surface area (Å²) in [4.78, 5) is 11.5. The number of aliphatic hydroxyl groups is 2. The van der Waals surface area contributed by atoms with Crippen molar-refractivity contribution in [3.05, 3.63) is 47.4 Å². The summed E-state index contributed by atoms with van der Waals surface area (Å²) in [5.41, 5.74) is 0.412. The first-order chi connectivity index (χ1) is 8.15. The van der Waals surface area contributed by atoms with E-state index in [0.717, 1.165) is 0 Å². The maximum Gasteiger partial charge on any atom is 0.338 e. The van der Waals surface area contributed by atoms with Crippen molar-refractivity contribution in [3.63, 3.8) is 0 Å². The summed E-state index contributed by atoms with van der Waals surface area (Å²) in [5.74, 6) is -0.953. The predicted octanol–water partition coefficient (Wildman–Crippen LogP) is 2.97. The van der Waals surface area contributed by atoms with Crippen LogP contribution in [-0.4, -0.2) is 22.8 Å². The molecule has 0 aliphatic heterocycles. The second-order valence-electron chi connectivity index (χ2n) is 3.59. The summed E-state index contributed by atoms with van der Waals surface area (Å²) in [6.07, 6.45) is 1.08. The molecule has 0 unspecified atom stereocenters. The van der Waals surface area contributed by atoms with E-state index < -0.39 is 5.97 Å². The van der Waals surface area contributed by atoms with Crippen LogP contribution in [0.15, 0.2) is 41.9 Å². The fraction of sp³-hybridized carbons (Fsp3) is 0.308. The van der Waals surface area contributed by atoms with Gasteiger partial charge in [-0.3, -0.25) is 0 Å². The molecular formula is C13H16O4. The Morgan fingerprint density at radius 2 is 1.82 bits per heavy atom. The predicted molar refractivity (Wildman–Crippen MR) is 63.9 cm³/mol. The first kappa shape index (κ1) is 13.1. The summed E-state index contributed by atoms with van der Waals surface area (Å²) in [6, 6.07) is 8.48. The van der Waals surface area contributed by atoms with Gasteiger partial charge in [-0.25, -0.2) is 4.79 Å². The average Bonchev–Trinajstić information content (AvgIpc) is 2.36. The van der Waals surface area contributed by atoms with Gasteiger partial charge in [-0.15, -0.1) is 0 Å². The van der Waals surface area contributed by atoms with Crippen molar-refractivity contribution in [2.45, 2.75) is 19.8 Å². The van der Waals surface area contributed by atoms with E-state index >= 15 is 0 Å². The van der Waals surface area contributed by atoms with Crippen molar-refractivity contribution in [3.8, 4) is 0 Å². The van der Waals surface area contributed by atoms with E-state index in [1.165, 1.54) is 0 Å². The van der Waals surface area contributed by atoms with Gasteiger partial charge in [-0.1, -0.05) is 25.1 Å². The average molecular weight is 236 g/mol. The smallest absolute Gasteiger partial charge is 0.338 e. The Morgan fingerprint density at radius 3 is 2.41 bits per heavy atom. The molecule has 4 heteroatoms. The number of benzene rings is 1. The van der Waals surface area contributed by atoms with Crippen molar-refractivity contribution in [2.24, 2.45) is 0 Å². The molecule has 0 saturated carbocycles. The fourth-order valence-electron chi connectivity index (χ4n) is 1.26. The van der Waals surface area contributed by atoms with Gasteiger partial charge in [0.05, 0.1) is 5.56 Å². The van der Waals surface area contributed by atoms with Gasteiger partial charge in [-0.05, 0) is 18.6 Å². The maximum atomic E-state index is 11.5. The van der Waals surface area contributed by atoms with Crippen LogP contribution in [0.1, 0.15) is 30.1 Å². The third-order valence-electron chi connectivity index (χ3n) is 2.17. The molecule has 0 fully saturated rings. The number of hydrogen-bond acceptors (Lipinski definition) is 4. The van der Waals surface area contributed by atoms with Crippen molar-refractivity contribution in [1.29, 1.82) is 0 Å². The van der Waals surface area contributed by atoms with Crippen LogP contribution >= 0.6 is 0 Å². The standard InChI is InChI=1S/C13H16O4/c1-2-6-11(14)12(15)9-17-13(16)10-7-4-3-5-8-10/h3-5,7-8,14-15H,2,6,9H2,1H3/b12-11+. The minimum Gasteiger partial charge on any atom is -0.509 e. The van der Waals surface area contributed by atoms with Gasteiger partial charge in [0.2, 0.25) is 0 Å². The zero-order valence-electron chi connectivity index (χ0n) is 9.72. The molecule has 0 aromatic heterocycles. The van der Waals surface area contributed by atoms with Crippen molar-refractivity contribution in [1.82, 2.24) is 0 Å². The lowest BCUT2D eigenvalue weighted by atomic mass is 10.2. The van der Waals surface area contributed by atoms with E-state index in [4.69, 9.17) is 4.74 Å². The van der Waals surface area contributed by atoms with Crippen LogP contribution in [0.25, 0.3) is 0 Å². The minimum absolute atomic E-state index is 0.131. The lowest BCUT2D eigenvalue weighted by Crippen LogP contribution is -2.09. The van der Waals surface area contributed by atoms with Crippen LogP contribution in [0.5, 0.6) is 0 Å². The normalized spacial score (nSPS) is 11.8. The van der Waals surface area contributed by atoms with E-state index in [0.29, 0.717) is 18.4 Å². The van der Waals surface area contributed by atoms with E-state index in [-0.39, 0.29) is 18.1 Å². The molecule has 0 aliphatic rings. The molecular weight excluding hydrogens is 220 g/mol. The molecule has 0 radical (unpaired) electrons. The highest BCUT2D eigenvalue weighted by Gasteiger charge is 2.09. The summed E-state index contributed by atoms with van der Waals surface area (Å²) in [5, 5.41) is 18.7. The monoisotopic (exact) mass is 236 g/mol. The molecule has 92 valence electrons. The Balaban J connectivity index is 2.52. The lowest BCUT2D eigenvalue weighted by molar-refractivity contribution is 0.0491. The molecule has 1 aromatic carbocycles. The first-order valence-electron chi connectivity index (χ1n) is 5.47. The van der Waals surface area contributed by atoms with Crippen LogP contribution in [0.4, 0.5) is 0 Å². The number of allylic oxidation sites excluding steroid dienone is 1. The number of rotatable bonds is 5. The Kier molecular flexibility index (Phi) is 5.07. The summed E-state index contributed by atoms with van der Waals surface area (Å²) in [7, 11) is 0. The van der Waals surface area contributed by atoms with Crippen molar-refractivity contribution in [2.75, 3.05) is 6.61 Å². The molecule has 1 aromatic rings. The molecule has 4 nitrogen and oxygen atoms in total. The highest BCUT2D eigenvalue weighted by molar-refractivity contribution is 5.89. The van der Waals surface area contributed by atoms with Crippen LogP contribution in [0.3, 0.4) is 0 Å². The van der Waals surface area contributed by atoms with Crippen LogP contribution in [0.2, 0.25) is 0 Å². The lowest BCUT2D eigenvalue weighted by Gasteiger charge is -2.06. The number of aliphatic hydroxyl groups excluding tert-OH is 2. The molecule has 0 saturated heterocycles. The number of carbonyl (C=O) groups excluding carboxylic acids is 1. The largest absolute Gasteiger partial charge is 0.509 e. The number of ether oxygens (including phenoxy) is 1. The molecule has 0 heterocycles. The quantitative estimate of drug-likeness (QED) is 0.609. The Labute approximate surface area is 100 Å². The maximum absolute atomic E-state index is 11.5. The molecule has 1 rings (SSSR count). The fourth-order valence-corrected chi connectivity index (χ4v) is 1.26. The first-order valence-corrected chi connectivity index (χ1v) is 5.47. The molecule has 0 bridgehead atoms. The number of hydrogen-bond donors (Lipinski definition) is 2. The van der Waals surface area contributed by atoms with E-state index in [9.17, 15) is 15.0 Å². The van der Waals surface area contributed by atoms with Crippen LogP contribution < -0.4 is 0 Å².